The Labute approximate surface area is 185 Å². The first-order valence-corrected chi connectivity index (χ1v) is 10.7. The van der Waals surface area contributed by atoms with Crippen LogP contribution < -0.4 is 9.64 Å². The summed E-state index contributed by atoms with van der Waals surface area (Å²) in [6.45, 7) is 4.72. The lowest BCUT2D eigenvalue weighted by atomic mass is 9.89. The Morgan fingerprint density at radius 2 is 2.06 bits per heavy atom. The zero-order chi connectivity index (χ0) is 22.8. The molecule has 1 saturated heterocycles. The van der Waals surface area contributed by atoms with Gasteiger partial charge in [-0.1, -0.05) is 6.92 Å². The van der Waals surface area contributed by atoms with Crippen molar-refractivity contribution in [1.29, 1.82) is 0 Å². The largest absolute Gasteiger partial charge is 0.466 e. The summed E-state index contributed by atoms with van der Waals surface area (Å²) < 4.78 is 50.9. The average molecular weight is 506 g/mol. The number of anilines is 1. The van der Waals surface area contributed by atoms with Crippen molar-refractivity contribution in [3.63, 3.8) is 0 Å². The van der Waals surface area contributed by atoms with E-state index in [9.17, 15) is 18.0 Å². The number of hydrogen-bond donors (Lipinski definition) is 0. The lowest BCUT2D eigenvalue weighted by Crippen LogP contribution is -2.45. The topological polar surface area (TPSA) is 82.4 Å². The molecule has 1 aliphatic rings. The molecule has 0 N–H and O–H groups in total. The van der Waals surface area contributed by atoms with Crippen LogP contribution in [0.3, 0.4) is 0 Å². The van der Waals surface area contributed by atoms with Crippen LogP contribution in [0, 0.1) is 5.92 Å². The Kier molecular flexibility index (Phi) is 7.07. The van der Waals surface area contributed by atoms with Crippen LogP contribution >= 0.6 is 15.9 Å². The summed E-state index contributed by atoms with van der Waals surface area (Å²) in [7, 11) is 1.36. The summed E-state index contributed by atoms with van der Waals surface area (Å²) in [6.07, 6.45) is -1.28. The quantitative estimate of drug-likeness (QED) is 0.540. The second-order valence-electron chi connectivity index (χ2n) is 7.14. The van der Waals surface area contributed by atoms with E-state index >= 15 is 0 Å². The lowest BCUT2D eigenvalue weighted by Gasteiger charge is -2.39. The molecule has 12 heteroatoms. The number of aryl methyl sites for hydroxylation is 1. The third-order valence-corrected chi connectivity index (χ3v) is 5.84. The molecule has 2 unspecified atom stereocenters. The molecule has 3 heterocycles. The van der Waals surface area contributed by atoms with E-state index in [2.05, 4.69) is 35.9 Å². The van der Waals surface area contributed by atoms with Gasteiger partial charge in [-0.25, -0.2) is 14.6 Å². The van der Waals surface area contributed by atoms with E-state index in [0.29, 0.717) is 36.3 Å². The van der Waals surface area contributed by atoms with Crippen LogP contribution in [0.2, 0.25) is 0 Å². The van der Waals surface area contributed by atoms with Crippen LogP contribution in [0.1, 0.15) is 38.8 Å². The average Bonchev–Trinajstić information content (AvgIpc) is 3.10. The first kappa shape index (κ1) is 23.3. The Balaban J connectivity index is 1.82. The number of carbonyl (C=O) groups excluding carboxylic acids is 1. The molecule has 0 spiro atoms. The minimum atomic E-state index is -4.58. The predicted molar refractivity (Wildman–Crippen MR) is 109 cm³/mol. The number of halogens is 4. The van der Waals surface area contributed by atoms with Gasteiger partial charge in [0, 0.05) is 25.7 Å². The SMILES string of the molecule is CCOC(=O)C1CCN(c2ncnc(Oc3cc(C(F)(F)F)nn3C)c2Br)C(CC)C1. The van der Waals surface area contributed by atoms with Crippen LogP contribution in [-0.2, 0) is 22.8 Å². The summed E-state index contributed by atoms with van der Waals surface area (Å²) in [5.74, 6) is 0.156. The number of ether oxygens (including phenoxy) is 2. The molecule has 1 fully saturated rings. The van der Waals surface area contributed by atoms with Gasteiger partial charge in [-0.15, -0.1) is 0 Å². The van der Waals surface area contributed by atoms with Crippen molar-refractivity contribution in [2.75, 3.05) is 18.1 Å². The number of hydrogen-bond acceptors (Lipinski definition) is 7. The van der Waals surface area contributed by atoms with Crippen molar-refractivity contribution in [3.8, 4) is 11.8 Å². The van der Waals surface area contributed by atoms with Crippen molar-refractivity contribution in [1.82, 2.24) is 19.7 Å². The van der Waals surface area contributed by atoms with Crippen LogP contribution in [-0.4, -0.2) is 44.9 Å². The molecule has 0 saturated carbocycles. The molecular formula is C19H23BrF3N5O3. The molecule has 0 bridgehead atoms. The van der Waals surface area contributed by atoms with Gasteiger partial charge < -0.3 is 14.4 Å². The van der Waals surface area contributed by atoms with E-state index < -0.39 is 11.9 Å². The van der Waals surface area contributed by atoms with Crippen LogP contribution in [0.25, 0.3) is 0 Å². The summed E-state index contributed by atoms with van der Waals surface area (Å²) in [4.78, 5) is 22.6. The molecule has 2 atom stereocenters. The Bertz CT molecular complexity index is 937. The van der Waals surface area contributed by atoms with E-state index in [1.165, 1.54) is 13.4 Å². The number of rotatable bonds is 6. The molecule has 31 heavy (non-hydrogen) atoms. The molecular weight excluding hydrogens is 483 g/mol. The minimum Gasteiger partial charge on any atom is -0.466 e. The van der Waals surface area contributed by atoms with Gasteiger partial charge in [-0.2, -0.15) is 18.3 Å². The molecule has 0 amide bonds. The number of carbonyl (C=O) groups is 1. The lowest BCUT2D eigenvalue weighted by molar-refractivity contribution is -0.149. The zero-order valence-electron chi connectivity index (χ0n) is 17.3. The highest BCUT2D eigenvalue weighted by Crippen LogP contribution is 2.39. The maximum Gasteiger partial charge on any atom is 0.435 e. The van der Waals surface area contributed by atoms with E-state index in [-0.39, 0.29) is 29.7 Å². The molecule has 8 nitrogen and oxygen atoms in total. The molecule has 0 aliphatic carbocycles. The van der Waals surface area contributed by atoms with Gasteiger partial charge in [0.05, 0.1) is 12.5 Å². The number of nitrogens with zero attached hydrogens (tertiary/aromatic N) is 5. The summed E-state index contributed by atoms with van der Waals surface area (Å²) in [5, 5.41) is 3.44. The maximum absolute atomic E-state index is 12.9. The van der Waals surface area contributed by atoms with Gasteiger partial charge in [0.2, 0.25) is 11.8 Å². The van der Waals surface area contributed by atoms with Gasteiger partial charge in [0.1, 0.15) is 10.8 Å². The standard InChI is InChI=1S/C19H23BrF3N5O3/c1-4-12-8-11(18(29)30-5-2)6-7-28(12)16-15(20)17(25-10-24-16)31-14-9-13(19(21,22)23)26-27(14)3/h9-12H,4-8H2,1-3H3. The second kappa shape index (κ2) is 9.41. The fourth-order valence-corrected chi connectivity index (χ4v) is 4.10. The first-order valence-electron chi connectivity index (χ1n) is 9.88. The van der Waals surface area contributed by atoms with Crippen LogP contribution in [0.15, 0.2) is 16.9 Å². The fraction of sp³-hybridized carbons (Fsp3) is 0.579. The zero-order valence-corrected chi connectivity index (χ0v) is 18.9. The molecule has 2 aromatic rings. The van der Waals surface area contributed by atoms with Crippen molar-refractivity contribution in [2.45, 2.75) is 45.3 Å². The number of aromatic nitrogens is 4. The summed E-state index contributed by atoms with van der Waals surface area (Å²) in [6, 6.07) is 0.851. The highest BCUT2D eigenvalue weighted by atomic mass is 79.9. The van der Waals surface area contributed by atoms with E-state index in [1.807, 2.05) is 6.92 Å². The van der Waals surface area contributed by atoms with Crippen molar-refractivity contribution < 1.29 is 27.4 Å². The first-order chi connectivity index (χ1) is 14.7. The van der Waals surface area contributed by atoms with Crippen molar-refractivity contribution in [3.05, 3.63) is 22.6 Å². The molecule has 0 radical (unpaired) electrons. The highest BCUT2D eigenvalue weighted by Gasteiger charge is 2.36. The number of piperidine rings is 1. The highest BCUT2D eigenvalue weighted by molar-refractivity contribution is 9.10. The van der Waals surface area contributed by atoms with Gasteiger partial charge in [0.25, 0.3) is 0 Å². The van der Waals surface area contributed by atoms with Crippen LogP contribution in [0.4, 0.5) is 19.0 Å². The summed E-state index contributed by atoms with van der Waals surface area (Å²) >= 11 is 3.44. The Morgan fingerprint density at radius 3 is 2.68 bits per heavy atom. The molecule has 2 aromatic heterocycles. The maximum atomic E-state index is 12.9. The normalized spacial score (nSPS) is 19.4. The van der Waals surface area contributed by atoms with Gasteiger partial charge >= 0.3 is 12.1 Å². The minimum absolute atomic E-state index is 0.0377. The van der Waals surface area contributed by atoms with E-state index in [0.717, 1.165) is 17.2 Å². The van der Waals surface area contributed by atoms with Crippen LogP contribution in [0.5, 0.6) is 11.8 Å². The van der Waals surface area contributed by atoms with Crippen molar-refractivity contribution >= 4 is 27.7 Å². The van der Waals surface area contributed by atoms with Gasteiger partial charge in [-0.3, -0.25) is 4.79 Å². The second-order valence-corrected chi connectivity index (χ2v) is 7.93. The summed E-state index contributed by atoms with van der Waals surface area (Å²) in [5.41, 5.74) is -1.05. The molecule has 1 aliphatic heterocycles. The molecule has 3 rings (SSSR count). The van der Waals surface area contributed by atoms with Crippen molar-refractivity contribution in [2.24, 2.45) is 13.0 Å². The smallest absolute Gasteiger partial charge is 0.435 e. The monoisotopic (exact) mass is 505 g/mol. The fourth-order valence-electron chi connectivity index (χ4n) is 3.59. The van der Waals surface area contributed by atoms with E-state index in [4.69, 9.17) is 9.47 Å². The molecule has 0 aromatic carbocycles. The Hall–Kier alpha value is -2.37. The third kappa shape index (κ3) is 5.10. The van der Waals surface area contributed by atoms with Gasteiger partial charge in [0.15, 0.2) is 11.5 Å². The number of esters is 1. The van der Waals surface area contributed by atoms with Gasteiger partial charge in [-0.05, 0) is 42.1 Å². The Morgan fingerprint density at radius 1 is 1.32 bits per heavy atom. The molecule has 170 valence electrons. The third-order valence-electron chi connectivity index (χ3n) is 5.15. The number of alkyl halides is 3. The predicted octanol–water partition coefficient (Wildman–Crippen LogP) is 4.34. The van der Waals surface area contributed by atoms with E-state index in [1.54, 1.807) is 6.92 Å².